The zero-order valence-electron chi connectivity index (χ0n) is 16.8. The van der Waals surface area contributed by atoms with Crippen molar-refractivity contribution in [1.29, 1.82) is 0 Å². The Labute approximate surface area is 183 Å². The third kappa shape index (κ3) is 4.29. The summed E-state index contributed by atoms with van der Waals surface area (Å²) in [7, 11) is 0. The first kappa shape index (κ1) is 20.6. The molecular formula is C23H21N3O4S. The number of carbonyl (C=O) groups is 3. The van der Waals surface area contributed by atoms with Crippen LogP contribution in [-0.2, 0) is 9.59 Å². The fourth-order valence-electron chi connectivity index (χ4n) is 3.47. The quantitative estimate of drug-likeness (QED) is 0.609. The van der Waals surface area contributed by atoms with Gasteiger partial charge in [-0.1, -0.05) is 30.3 Å². The summed E-state index contributed by atoms with van der Waals surface area (Å²) in [6, 6.07) is 16.7. The number of thiophene rings is 1. The van der Waals surface area contributed by atoms with Gasteiger partial charge in [0.05, 0.1) is 35.0 Å². The average molecular weight is 436 g/mol. The molecule has 0 saturated heterocycles. The predicted octanol–water partition coefficient (Wildman–Crippen LogP) is 4.14. The molecule has 2 aromatic carbocycles. The highest BCUT2D eigenvalue weighted by molar-refractivity contribution is 7.12. The average Bonchev–Trinajstić information content (AvgIpc) is 3.30. The third-order valence-corrected chi connectivity index (χ3v) is 5.68. The Kier molecular flexibility index (Phi) is 5.99. The number of nitrogens with zero attached hydrogens (tertiary/aromatic N) is 1. The van der Waals surface area contributed by atoms with Gasteiger partial charge in [-0.2, -0.15) is 0 Å². The molecule has 0 spiro atoms. The van der Waals surface area contributed by atoms with Gasteiger partial charge in [0.15, 0.2) is 0 Å². The van der Waals surface area contributed by atoms with Gasteiger partial charge in [-0.25, -0.2) is 0 Å². The largest absolute Gasteiger partial charge is 0.492 e. The first-order valence-electron chi connectivity index (χ1n) is 9.87. The SMILES string of the molecule is CCOc1ccccc1NC(=O)C[C@@H]1C(=O)Nc2ccccc2N1C(=O)c1cccs1. The molecule has 0 radical (unpaired) electrons. The second-order valence-electron chi connectivity index (χ2n) is 6.86. The summed E-state index contributed by atoms with van der Waals surface area (Å²) in [6.07, 6.45) is -0.197. The van der Waals surface area contributed by atoms with E-state index in [-0.39, 0.29) is 12.3 Å². The molecule has 3 aromatic rings. The van der Waals surface area contributed by atoms with Gasteiger partial charge < -0.3 is 15.4 Å². The maximum absolute atomic E-state index is 13.3. The standard InChI is InChI=1S/C23H21N3O4S/c1-2-30-19-11-6-4-9-16(19)24-21(27)14-18-22(28)25-15-8-3-5-10-17(15)26(18)23(29)20-12-7-13-31-20/h3-13,18H,2,14H2,1H3,(H,24,27)(H,25,28)/t18-/m1/s1. The molecule has 0 bridgehead atoms. The zero-order chi connectivity index (χ0) is 21.8. The number of amides is 3. The number of nitrogens with one attached hydrogen (secondary N) is 2. The van der Waals surface area contributed by atoms with Crippen LogP contribution in [0.1, 0.15) is 23.0 Å². The van der Waals surface area contributed by atoms with E-state index >= 15 is 0 Å². The molecule has 4 rings (SSSR count). The molecule has 0 aliphatic carbocycles. The van der Waals surface area contributed by atoms with Crippen molar-refractivity contribution in [3.05, 3.63) is 70.9 Å². The molecule has 1 aliphatic heterocycles. The molecule has 7 nitrogen and oxygen atoms in total. The predicted molar refractivity (Wildman–Crippen MR) is 121 cm³/mol. The third-order valence-electron chi connectivity index (χ3n) is 4.83. The molecule has 3 amide bonds. The molecular weight excluding hydrogens is 414 g/mol. The number of hydrogen-bond acceptors (Lipinski definition) is 5. The minimum absolute atomic E-state index is 0.197. The van der Waals surface area contributed by atoms with Crippen molar-refractivity contribution >= 4 is 46.1 Å². The van der Waals surface area contributed by atoms with Crippen LogP contribution in [0.2, 0.25) is 0 Å². The van der Waals surface area contributed by atoms with E-state index in [1.165, 1.54) is 16.2 Å². The molecule has 0 saturated carbocycles. The second kappa shape index (κ2) is 9.01. The number of para-hydroxylation sites is 4. The van der Waals surface area contributed by atoms with E-state index in [0.29, 0.717) is 34.3 Å². The lowest BCUT2D eigenvalue weighted by Crippen LogP contribution is -2.52. The molecule has 2 N–H and O–H groups in total. The highest BCUT2D eigenvalue weighted by Gasteiger charge is 2.38. The minimum Gasteiger partial charge on any atom is -0.492 e. The van der Waals surface area contributed by atoms with Crippen LogP contribution >= 0.6 is 11.3 Å². The van der Waals surface area contributed by atoms with Crippen molar-refractivity contribution in [2.75, 3.05) is 22.1 Å². The van der Waals surface area contributed by atoms with Crippen LogP contribution in [0.25, 0.3) is 0 Å². The molecule has 0 unspecified atom stereocenters. The van der Waals surface area contributed by atoms with Crippen LogP contribution in [0, 0.1) is 0 Å². The van der Waals surface area contributed by atoms with Gasteiger partial charge in [0, 0.05) is 0 Å². The van der Waals surface area contributed by atoms with Gasteiger partial charge in [0.2, 0.25) is 11.8 Å². The van der Waals surface area contributed by atoms with Gasteiger partial charge in [-0.05, 0) is 42.6 Å². The van der Waals surface area contributed by atoms with Crippen molar-refractivity contribution < 1.29 is 19.1 Å². The van der Waals surface area contributed by atoms with E-state index in [9.17, 15) is 14.4 Å². The molecule has 1 atom stereocenters. The van der Waals surface area contributed by atoms with E-state index < -0.39 is 17.9 Å². The number of carbonyl (C=O) groups excluding carboxylic acids is 3. The van der Waals surface area contributed by atoms with E-state index in [1.54, 1.807) is 60.0 Å². The van der Waals surface area contributed by atoms with Crippen molar-refractivity contribution in [2.45, 2.75) is 19.4 Å². The van der Waals surface area contributed by atoms with Gasteiger partial charge >= 0.3 is 0 Å². The van der Waals surface area contributed by atoms with Crippen molar-refractivity contribution in [3.8, 4) is 5.75 Å². The van der Waals surface area contributed by atoms with E-state index in [1.807, 2.05) is 13.0 Å². The Balaban J connectivity index is 1.62. The van der Waals surface area contributed by atoms with Crippen LogP contribution < -0.4 is 20.3 Å². The number of hydrogen-bond donors (Lipinski definition) is 2. The second-order valence-corrected chi connectivity index (χ2v) is 7.80. The maximum atomic E-state index is 13.3. The summed E-state index contributed by atoms with van der Waals surface area (Å²) in [5.74, 6) is -0.569. The van der Waals surface area contributed by atoms with E-state index in [0.717, 1.165) is 0 Å². The topological polar surface area (TPSA) is 87.7 Å². The van der Waals surface area contributed by atoms with Gasteiger partial charge in [0.25, 0.3) is 5.91 Å². The van der Waals surface area contributed by atoms with Crippen molar-refractivity contribution in [1.82, 2.24) is 0 Å². The van der Waals surface area contributed by atoms with Gasteiger partial charge in [0.1, 0.15) is 11.8 Å². The van der Waals surface area contributed by atoms with Crippen molar-refractivity contribution in [3.63, 3.8) is 0 Å². The zero-order valence-corrected chi connectivity index (χ0v) is 17.6. The Morgan fingerprint density at radius 3 is 2.65 bits per heavy atom. The number of rotatable bonds is 6. The normalized spacial score (nSPS) is 15.1. The highest BCUT2D eigenvalue weighted by atomic mass is 32.1. The summed E-state index contributed by atoms with van der Waals surface area (Å²) in [4.78, 5) is 40.9. The Morgan fingerprint density at radius 1 is 1.10 bits per heavy atom. The number of ether oxygens (including phenoxy) is 1. The lowest BCUT2D eigenvalue weighted by molar-refractivity contribution is -0.122. The molecule has 0 fully saturated rings. The molecule has 158 valence electrons. The Morgan fingerprint density at radius 2 is 1.87 bits per heavy atom. The summed E-state index contributed by atoms with van der Waals surface area (Å²) in [5.41, 5.74) is 1.62. The fraction of sp³-hybridized carbons (Fsp3) is 0.174. The minimum atomic E-state index is -0.983. The summed E-state index contributed by atoms with van der Waals surface area (Å²) in [6.45, 7) is 2.31. The van der Waals surface area contributed by atoms with Crippen LogP contribution in [0.4, 0.5) is 17.1 Å². The summed E-state index contributed by atoms with van der Waals surface area (Å²) in [5, 5.41) is 7.41. The smallest absolute Gasteiger partial charge is 0.269 e. The summed E-state index contributed by atoms with van der Waals surface area (Å²) < 4.78 is 5.55. The highest BCUT2D eigenvalue weighted by Crippen LogP contribution is 2.35. The molecule has 1 aromatic heterocycles. The summed E-state index contributed by atoms with van der Waals surface area (Å²) >= 11 is 1.29. The van der Waals surface area contributed by atoms with Crippen LogP contribution in [0.5, 0.6) is 5.75 Å². The molecule has 31 heavy (non-hydrogen) atoms. The lowest BCUT2D eigenvalue weighted by atomic mass is 10.0. The number of anilines is 3. The molecule has 2 heterocycles. The Hall–Kier alpha value is -3.65. The van der Waals surface area contributed by atoms with Gasteiger partial charge in [-0.3, -0.25) is 19.3 Å². The fourth-order valence-corrected chi connectivity index (χ4v) is 4.13. The monoisotopic (exact) mass is 435 g/mol. The van der Waals surface area contributed by atoms with Crippen LogP contribution in [-0.4, -0.2) is 30.4 Å². The lowest BCUT2D eigenvalue weighted by Gasteiger charge is -2.36. The molecule has 1 aliphatic rings. The maximum Gasteiger partial charge on any atom is 0.269 e. The Bertz CT molecular complexity index is 1110. The molecule has 8 heteroatoms. The number of fused-ring (bicyclic) bond motifs is 1. The van der Waals surface area contributed by atoms with E-state index in [2.05, 4.69) is 10.6 Å². The van der Waals surface area contributed by atoms with Crippen LogP contribution in [0.15, 0.2) is 66.0 Å². The van der Waals surface area contributed by atoms with Crippen molar-refractivity contribution in [2.24, 2.45) is 0 Å². The first-order valence-corrected chi connectivity index (χ1v) is 10.7. The first-order chi connectivity index (χ1) is 15.1. The van der Waals surface area contributed by atoms with Gasteiger partial charge in [-0.15, -0.1) is 11.3 Å². The number of benzene rings is 2. The van der Waals surface area contributed by atoms with E-state index in [4.69, 9.17) is 4.74 Å². The van der Waals surface area contributed by atoms with Crippen LogP contribution in [0.3, 0.4) is 0 Å².